The first kappa shape index (κ1) is 18.1. The van der Waals surface area contributed by atoms with Crippen molar-refractivity contribution in [3.63, 3.8) is 0 Å². The van der Waals surface area contributed by atoms with Crippen molar-refractivity contribution in [2.75, 3.05) is 23.4 Å². The van der Waals surface area contributed by atoms with E-state index in [1.54, 1.807) is 47.4 Å². The number of halogens is 1. The maximum Gasteiger partial charge on any atom is 0.339 e. The summed E-state index contributed by atoms with van der Waals surface area (Å²) in [5.41, 5.74) is 1.65. The molecule has 1 heterocycles. The monoisotopic (exact) mass is 416 g/mol. The number of ether oxygens (including phenoxy) is 1. The molecule has 0 saturated carbocycles. The zero-order valence-electron chi connectivity index (χ0n) is 13.9. The molecule has 0 unspecified atom stereocenters. The highest BCUT2D eigenvalue weighted by molar-refractivity contribution is 9.10. The van der Waals surface area contributed by atoms with Crippen LogP contribution in [-0.4, -0.2) is 30.9 Å². The number of carbonyl (C=O) groups is 3. The lowest BCUT2D eigenvalue weighted by Crippen LogP contribution is -2.24. The van der Waals surface area contributed by atoms with Gasteiger partial charge in [0.05, 0.1) is 5.56 Å². The average Bonchev–Trinajstić information content (AvgIpc) is 3.06. The number of anilines is 2. The summed E-state index contributed by atoms with van der Waals surface area (Å²) in [5.74, 6) is -0.949. The van der Waals surface area contributed by atoms with Crippen molar-refractivity contribution in [2.24, 2.45) is 0 Å². The number of esters is 1. The van der Waals surface area contributed by atoms with Crippen LogP contribution >= 0.6 is 15.9 Å². The first-order valence-corrected chi connectivity index (χ1v) is 8.96. The van der Waals surface area contributed by atoms with Crippen LogP contribution < -0.4 is 10.2 Å². The van der Waals surface area contributed by atoms with Crippen molar-refractivity contribution in [2.45, 2.75) is 12.8 Å². The number of carbonyl (C=O) groups excluding carboxylic acids is 3. The summed E-state index contributed by atoms with van der Waals surface area (Å²) in [6.07, 6.45) is 1.38. The summed E-state index contributed by atoms with van der Waals surface area (Å²) in [6, 6.07) is 13.9. The highest BCUT2D eigenvalue weighted by atomic mass is 79.9. The molecule has 1 N–H and O–H groups in total. The van der Waals surface area contributed by atoms with Crippen molar-refractivity contribution in [3.05, 3.63) is 58.6 Å². The van der Waals surface area contributed by atoms with Crippen LogP contribution in [0.1, 0.15) is 23.2 Å². The fourth-order valence-electron chi connectivity index (χ4n) is 2.71. The van der Waals surface area contributed by atoms with E-state index in [0.29, 0.717) is 28.7 Å². The Labute approximate surface area is 159 Å². The topological polar surface area (TPSA) is 75.7 Å². The van der Waals surface area contributed by atoms with Crippen LogP contribution in [0.5, 0.6) is 0 Å². The molecule has 1 aliphatic rings. The minimum Gasteiger partial charge on any atom is -0.452 e. The fourth-order valence-corrected chi connectivity index (χ4v) is 3.15. The third kappa shape index (κ3) is 4.29. The lowest BCUT2D eigenvalue weighted by Gasteiger charge is -2.16. The van der Waals surface area contributed by atoms with Gasteiger partial charge in [0.1, 0.15) is 0 Å². The van der Waals surface area contributed by atoms with E-state index in [0.717, 1.165) is 12.1 Å². The van der Waals surface area contributed by atoms with Gasteiger partial charge in [-0.3, -0.25) is 9.59 Å². The second-order valence-electron chi connectivity index (χ2n) is 5.80. The third-order valence-electron chi connectivity index (χ3n) is 3.94. The van der Waals surface area contributed by atoms with Gasteiger partial charge in [-0.05, 0) is 52.7 Å². The molecule has 7 heteroatoms. The average molecular weight is 417 g/mol. The summed E-state index contributed by atoms with van der Waals surface area (Å²) in [7, 11) is 0. The molecule has 6 nitrogen and oxygen atoms in total. The van der Waals surface area contributed by atoms with Crippen LogP contribution in [0.25, 0.3) is 0 Å². The SMILES string of the molecule is O=C(COC(=O)c1ccccc1Br)Nc1cccc(N2CCCC2=O)c1. The number of nitrogens with zero attached hydrogens (tertiary/aromatic N) is 1. The Bertz CT molecular complexity index is 853. The molecule has 2 amide bonds. The summed E-state index contributed by atoms with van der Waals surface area (Å²) in [4.78, 5) is 37.6. The van der Waals surface area contributed by atoms with Crippen LogP contribution in [0.4, 0.5) is 11.4 Å². The van der Waals surface area contributed by atoms with Gasteiger partial charge in [0.15, 0.2) is 6.61 Å². The van der Waals surface area contributed by atoms with Gasteiger partial charge in [-0.15, -0.1) is 0 Å². The molecule has 1 aliphatic heterocycles. The molecule has 1 fully saturated rings. The second kappa shape index (κ2) is 8.14. The molecule has 134 valence electrons. The Morgan fingerprint density at radius 2 is 1.96 bits per heavy atom. The minimum absolute atomic E-state index is 0.0795. The standard InChI is InChI=1S/C19H17BrN2O4/c20-16-8-2-1-7-15(16)19(25)26-12-17(23)21-13-5-3-6-14(11-13)22-10-4-9-18(22)24/h1-3,5-8,11H,4,9-10,12H2,(H,21,23). The molecule has 0 atom stereocenters. The first-order chi connectivity index (χ1) is 12.5. The first-order valence-electron chi connectivity index (χ1n) is 8.16. The molecule has 0 aromatic heterocycles. The van der Waals surface area contributed by atoms with E-state index in [1.165, 1.54) is 0 Å². The van der Waals surface area contributed by atoms with Crippen molar-refractivity contribution >= 4 is 45.1 Å². The lowest BCUT2D eigenvalue weighted by atomic mass is 10.2. The van der Waals surface area contributed by atoms with E-state index < -0.39 is 18.5 Å². The zero-order chi connectivity index (χ0) is 18.5. The molecule has 1 saturated heterocycles. The van der Waals surface area contributed by atoms with Crippen LogP contribution in [0.15, 0.2) is 53.0 Å². The van der Waals surface area contributed by atoms with Crippen LogP contribution in [0.2, 0.25) is 0 Å². The maximum absolute atomic E-state index is 12.0. The molecule has 0 bridgehead atoms. The summed E-state index contributed by atoms with van der Waals surface area (Å²) < 4.78 is 5.65. The fraction of sp³-hybridized carbons (Fsp3) is 0.211. The lowest BCUT2D eigenvalue weighted by molar-refractivity contribution is -0.119. The van der Waals surface area contributed by atoms with Crippen molar-refractivity contribution in [3.8, 4) is 0 Å². The van der Waals surface area contributed by atoms with Gasteiger partial charge in [-0.2, -0.15) is 0 Å². The Kier molecular flexibility index (Phi) is 5.68. The predicted molar refractivity (Wildman–Crippen MR) is 101 cm³/mol. The number of rotatable bonds is 5. The van der Waals surface area contributed by atoms with E-state index >= 15 is 0 Å². The Morgan fingerprint density at radius 1 is 1.15 bits per heavy atom. The maximum atomic E-state index is 12.0. The van der Waals surface area contributed by atoms with E-state index in [4.69, 9.17) is 4.74 Å². The van der Waals surface area contributed by atoms with Crippen LogP contribution in [0.3, 0.4) is 0 Å². The highest BCUT2D eigenvalue weighted by Gasteiger charge is 2.22. The van der Waals surface area contributed by atoms with Crippen molar-refractivity contribution < 1.29 is 19.1 Å². The second-order valence-corrected chi connectivity index (χ2v) is 6.66. The molecule has 26 heavy (non-hydrogen) atoms. The molecule has 0 aliphatic carbocycles. The smallest absolute Gasteiger partial charge is 0.339 e. The molecular weight excluding hydrogens is 400 g/mol. The summed E-state index contributed by atoms with van der Waals surface area (Å²) >= 11 is 3.27. The number of amides is 2. The van der Waals surface area contributed by atoms with Gasteiger partial charge in [0.25, 0.3) is 5.91 Å². The number of benzene rings is 2. The predicted octanol–water partition coefficient (Wildman–Crippen LogP) is 3.37. The van der Waals surface area contributed by atoms with Gasteiger partial charge in [0, 0.05) is 28.8 Å². The quantitative estimate of drug-likeness (QED) is 0.757. The third-order valence-corrected chi connectivity index (χ3v) is 4.63. The molecule has 3 rings (SSSR count). The van der Waals surface area contributed by atoms with Crippen LogP contribution in [0, 0.1) is 0 Å². The summed E-state index contributed by atoms with van der Waals surface area (Å²) in [6.45, 7) is 0.285. The highest BCUT2D eigenvalue weighted by Crippen LogP contribution is 2.24. The van der Waals surface area contributed by atoms with E-state index in [2.05, 4.69) is 21.2 Å². The molecular formula is C19H17BrN2O4. The van der Waals surface area contributed by atoms with Crippen molar-refractivity contribution in [1.82, 2.24) is 0 Å². The number of hydrogen-bond acceptors (Lipinski definition) is 4. The van der Waals surface area contributed by atoms with Gasteiger partial charge in [0.2, 0.25) is 5.91 Å². The van der Waals surface area contributed by atoms with Crippen molar-refractivity contribution in [1.29, 1.82) is 0 Å². The Hall–Kier alpha value is -2.67. The molecule has 0 spiro atoms. The Balaban J connectivity index is 1.57. The molecule has 0 radical (unpaired) electrons. The van der Waals surface area contributed by atoms with E-state index in [1.807, 2.05) is 6.07 Å². The molecule has 2 aromatic carbocycles. The van der Waals surface area contributed by atoms with E-state index in [-0.39, 0.29) is 5.91 Å². The Morgan fingerprint density at radius 3 is 2.69 bits per heavy atom. The number of hydrogen-bond donors (Lipinski definition) is 1. The molecule has 2 aromatic rings. The van der Waals surface area contributed by atoms with Gasteiger partial charge in [-0.1, -0.05) is 18.2 Å². The largest absolute Gasteiger partial charge is 0.452 e. The minimum atomic E-state index is -0.580. The van der Waals surface area contributed by atoms with E-state index in [9.17, 15) is 14.4 Å². The number of nitrogens with one attached hydrogen (secondary N) is 1. The zero-order valence-corrected chi connectivity index (χ0v) is 15.5. The normalized spacial score (nSPS) is 13.6. The van der Waals surface area contributed by atoms with Gasteiger partial charge in [-0.25, -0.2) is 4.79 Å². The summed E-state index contributed by atoms with van der Waals surface area (Å²) in [5, 5.41) is 2.68. The van der Waals surface area contributed by atoms with Crippen LogP contribution in [-0.2, 0) is 14.3 Å². The van der Waals surface area contributed by atoms with Gasteiger partial charge < -0.3 is 15.0 Å². The van der Waals surface area contributed by atoms with Gasteiger partial charge >= 0.3 is 5.97 Å².